The first kappa shape index (κ1) is 15.8. The van der Waals surface area contributed by atoms with Crippen LogP contribution < -0.4 is 10.1 Å². The molecule has 1 saturated carbocycles. The summed E-state index contributed by atoms with van der Waals surface area (Å²) >= 11 is 0. The van der Waals surface area contributed by atoms with Gasteiger partial charge in [0.05, 0.1) is 7.11 Å². The molecule has 3 nitrogen and oxygen atoms in total. The van der Waals surface area contributed by atoms with Gasteiger partial charge in [-0.25, -0.2) is 0 Å². The van der Waals surface area contributed by atoms with E-state index in [1.54, 1.807) is 7.11 Å². The lowest BCUT2D eigenvalue weighted by atomic mass is 9.93. The second-order valence-electron chi connectivity index (χ2n) is 6.99. The Bertz CT molecular complexity index is 476. The summed E-state index contributed by atoms with van der Waals surface area (Å²) in [6.45, 7) is 7.05. The summed E-state index contributed by atoms with van der Waals surface area (Å²) in [5.74, 6) is 1.86. The minimum Gasteiger partial charge on any atom is -0.497 e. The lowest BCUT2D eigenvalue weighted by Crippen LogP contribution is -2.45. The lowest BCUT2D eigenvalue weighted by Gasteiger charge is -2.38. The Morgan fingerprint density at radius 1 is 1.27 bits per heavy atom. The van der Waals surface area contributed by atoms with Crippen molar-refractivity contribution in [3.8, 4) is 5.75 Å². The van der Waals surface area contributed by atoms with Gasteiger partial charge in [-0.15, -0.1) is 0 Å². The molecule has 1 saturated heterocycles. The van der Waals surface area contributed by atoms with Crippen molar-refractivity contribution < 1.29 is 4.74 Å². The molecular formula is C19H30N2O. The minimum absolute atomic E-state index is 0.454. The van der Waals surface area contributed by atoms with Gasteiger partial charge in [-0.3, -0.25) is 4.90 Å². The van der Waals surface area contributed by atoms with Gasteiger partial charge in [0.1, 0.15) is 5.75 Å². The van der Waals surface area contributed by atoms with Gasteiger partial charge in [-0.05, 0) is 81.9 Å². The van der Waals surface area contributed by atoms with Crippen LogP contribution in [0.5, 0.6) is 5.75 Å². The third-order valence-corrected chi connectivity index (χ3v) is 5.46. The first-order valence-corrected chi connectivity index (χ1v) is 8.84. The van der Waals surface area contributed by atoms with Gasteiger partial charge in [0.25, 0.3) is 0 Å². The molecule has 3 rings (SSSR count). The lowest BCUT2D eigenvalue weighted by molar-refractivity contribution is 0.116. The number of likely N-dealkylation sites (tertiary alicyclic amines) is 1. The number of benzene rings is 1. The number of ether oxygens (including phenoxy) is 1. The molecule has 1 aliphatic carbocycles. The average Bonchev–Trinajstić information content (AvgIpc) is 3.34. The molecule has 1 heterocycles. The molecule has 2 aliphatic rings. The van der Waals surface area contributed by atoms with Gasteiger partial charge in [-0.1, -0.05) is 19.1 Å². The van der Waals surface area contributed by atoms with Crippen molar-refractivity contribution in [1.82, 2.24) is 10.2 Å². The van der Waals surface area contributed by atoms with Gasteiger partial charge in [0, 0.05) is 5.54 Å². The molecule has 1 aromatic rings. The van der Waals surface area contributed by atoms with E-state index in [2.05, 4.69) is 35.3 Å². The third kappa shape index (κ3) is 3.64. The zero-order chi connectivity index (χ0) is 15.4. The van der Waals surface area contributed by atoms with Crippen LogP contribution in [0.15, 0.2) is 24.3 Å². The van der Waals surface area contributed by atoms with E-state index in [1.807, 2.05) is 6.07 Å². The van der Waals surface area contributed by atoms with E-state index >= 15 is 0 Å². The number of nitrogens with one attached hydrogen (secondary N) is 1. The number of rotatable bonds is 7. The van der Waals surface area contributed by atoms with E-state index in [-0.39, 0.29) is 0 Å². The van der Waals surface area contributed by atoms with Crippen LogP contribution in [-0.2, 0) is 6.42 Å². The minimum atomic E-state index is 0.454. The van der Waals surface area contributed by atoms with Gasteiger partial charge >= 0.3 is 0 Å². The highest BCUT2D eigenvalue weighted by atomic mass is 16.5. The van der Waals surface area contributed by atoms with Gasteiger partial charge in [0.2, 0.25) is 0 Å². The number of methoxy groups -OCH3 is 1. The van der Waals surface area contributed by atoms with Crippen LogP contribution in [0.1, 0.15) is 38.2 Å². The Morgan fingerprint density at radius 2 is 2.05 bits per heavy atom. The number of nitrogens with zero attached hydrogens (tertiary/aromatic N) is 1. The van der Waals surface area contributed by atoms with Crippen LogP contribution in [0.3, 0.4) is 0 Å². The Balaban J connectivity index is 1.55. The molecular weight excluding hydrogens is 272 g/mol. The zero-order valence-electron chi connectivity index (χ0n) is 14.1. The molecule has 0 amide bonds. The highest BCUT2D eigenvalue weighted by Gasteiger charge is 2.48. The van der Waals surface area contributed by atoms with E-state index < -0.39 is 0 Å². The predicted molar refractivity (Wildman–Crippen MR) is 91.5 cm³/mol. The van der Waals surface area contributed by atoms with E-state index in [4.69, 9.17) is 4.74 Å². The summed E-state index contributed by atoms with van der Waals surface area (Å²) in [4.78, 5) is 2.77. The van der Waals surface area contributed by atoms with E-state index in [9.17, 15) is 0 Å². The Hall–Kier alpha value is -1.06. The highest BCUT2D eigenvalue weighted by molar-refractivity contribution is 5.31. The molecule has 0 aromatic heterocycles. The molecule has 0 spiro atoms. The quantitative estimate of drug-likeness (QED) is 0.837. The van der Waals surface area contributed by atoms with Gasteiger partial charge in [0.15, 0.2) is 0 Å². The summed E-state index contributed by atoms with van der Waals surface area (Å²) in [5, 5.41) is 3.51. The van der Waals surface area contributed by atoms with Crippen LogP contribution in [0.2, 0.25) is 0 Å². The highest BCUT2D eigenvalue weighted by Crippen LogP contribution is 2.46. The van der Waals surface area contributed by atoms with E-state index in [0.717, 1.165) is 18.2 Å². The van der Waals surface area contributed by atoms with Crippen molar-refractivity contribution in [2.24, 2.45) is 5.92 Å². The van der Waals surface area contributed by atoms with Crippen molar-refractivity contribution in [2.75, 3.05) is 33.3 Å². The maximum absolute atomic E-state index is 5.37. The standard InChI is InChI=1S/C19H30N2O/c1-3-20-15-16-7-11-21(12-8-16)19(9-10-19)14-17-5-4-6-18(13-17)22-2/h4-6,13,16,20H,3,7-12,14-15H2,1-2H3. The topological polar surface area (TPSA) is 24.5 Å². The molecule has 1 aromatic carbocycles. The van der Waals surface area contributed by atoms with E-state index in [0.29, 0.717) is 5.54 Å². The third-order valence-electron chi connectivity index (χ3n) is 5.46. The Morgan fingerprint density at radius 3 is 2.68 bits per heavy atom. The molecule has 0 atom stereocenters. The van der Waals surface area contributed by atoms with Crippen molar-refractivity contribution in [1.29, 1.82) is 0 Å². The fourth-order valence-corrected chi connectivity index (χ4v) is 3.87. The Labute approximate surface area is 135 Å². The van der Waals surface area contributed by atoms with E-state index in [1.165, 1.54) is 57.3 Å². The fraction of sp³-hybridized carbons (Fsp3) is 0.684. The largest absolute Gasteiger partial charge is 0.497 e. The van der Waals surface area contributed by atoms with Crippen LogP contribution in [0.25, 0.3) is 0 Å². The smallest absolute Gasteiger partial charge is 0.119 e. The van der Waals surface area contributed by atoms with Crippen LogP contribution >= 0.6 is 0 Å². The fourth-order valence-electron chi connectivity index (χ4n) is 3.87. The summed E-state index contributed by atoms with van der Waals surface area (Å²) < 4.78 is 5.37. The van der Waals surface area contributed by atoms with Crippen LogP contribution in [0, 0.1) is 5.92 Å². The normalized spacial score (nSPS) is 21.7. The summed E-state index contributed by atoms with van der Waals surface area (Å²) in [5.41, 5.74) is 1.88. The molecule has 22 heavy (non-hydrogen) atoms. The Kier molecular flexibility index (Phi) is 5.04. The molecule has 1 N–H and O–H groups in total. The second-order valence-corrected chi connectivity index (χ2v) is 6.99. The van der Waals surface area contributed by atoms with Crippen LogP contribution in [-0.4, -0.2) is 43.7 Å². The SMILES string of the molecule is CCNCC1CCN(C2(Cc3cccc(OC)c3)CC2)CC1. The molecule has 122 valence electrons. The summed E-state index contributed by atoms with van der Waals surface area (Å²) in [6.07, 6.45) is 6.62. The molecule has 1 aliphatic heterocycles. The van der Waals surface area contributed by atoms with Crippen molar-refractivity contribution in [3.05, 3.63) is 29.8 Å². The maximum Gasteiger partial charge on any atom is 0.119 e. The van der Waals surface area contributed by atoms with Crippen molar-refractivity contribution in [2.45, 2.75) is 44.6 Å². The average molecular weight is 302 g/mol. The maximum atomic E-state index is 5.37. The summed E-state index contributed by atoms with van der Waals surface area (Å²) in [6, 6.07) is 8.61. The molecule has 2 fully saturated rings. The first-order chi connectivity index (χ1) is 10.8. The van der Waals surface area contributed by atoms with Crippen LogP contribution in [0.4, 0.5) is 0 Å². The summed E-state index contributed by atoms with van der Waals surface area (Å²) in [7, 11) is 1.75. The monoisotopic (exact) mass is 302 g/mol. The van der Waals surface area contributed by atoms with Crippen molar-refractivity contribution in [3.63, 3.8) is 0 Å². The molecule has 3 heteroatoms. The van der Waals surface area contributed by atoms with Crippen molar-refractivity contribution >= 4 is 0 Å². The molecule has 0 unspecified atom stereocenters. The number of piperidine rings is 1. The zero-order valence-corrected chi connectivity index (χ0v) is 14.1. The number of hydrogen-bond donors (Lipinski definition) is 1. The van der Waals surface area contributed by atoms with Gasteiger partial charge in [-0.2, -0.15) is 0 Å². The molecule has 0 bridgehead atoms. The molecule has 0 radical (unpaired) electrons. The first-order valence-electron chi connectivity index (χ1n) is 8.84. The second kappa shape index (κ2) is 7.01. The predicted octanol–water partition coefficient (Wildman–Crippen LogP) is 3.09. The van der Waals surface area contributed by atoms with Gasteiger partial charge < -0.3 is 10.1 Å². The number of hydrogen-bond acceptors (Lipinski definition) is 3.